The highest BCUT2D eigenvalue weighted by Crippen LogP contribution is 2.17. The molecule has 1 aliphatic heterocycles. The number of nitrogens with zero attached hydrogens (tertiary/aromatic N) is 2. The number of nitrogens with one attached hydrogen (secondary N) is 1. The zero-order valence-corrected chi connectivity index (χ0v) is 6.70. The second kappa shape index (κ2) is 2.57. The molecule has 0 aromatic carbocycles. The number of nitrogens with two attached hydrogens (primary N) is 3. The highest BCUT2D eigenvalue weighted by atomic mass is 15.8. The fourth-order valence-electron chi connectivity index (χ4n) is 1.08. The Bertz CT molecular complexity index is 187. The molecular weight excluding hydrogens is 144 g/mol. The first-order valence-corrected chi connectivity index (χ1v) is 3.33. The van der Waals surface area contributed by atoms with Crippen LogP contribution in [0.5, 0.6) is 0 Å². The van der Waals surface area contributed by atoms with Crippen molar-refractivity contribution in [1.29, 1.82) is 0 Å². The van der Waals surface area contributed by atoms with Crippen molar-refractivity contribution in [2.45, 2.75) is 13.0 Å². The van der Waals surface area contributed by atoms with Gasteiger partial charge in [-0.3, -0.25) is 5.01 Å². The van der Waals surface area contributed by atoms with Gasteiger partial charge in [-0.1, -0.05) is 0 Å². The Labute approximate surface area is 65.5 Å². The van der Waals surface area contributed by atoms with Gasteiger partial charge in [0.25, 0.3) is 0 Å². The van der Waals surface area contributed by atoms with E-state index in [2.05, 4.69) is 5.43 Å². The summed E-state index contributed by atoms with van der Waals surface area (Å²) in [5.74, 6) is 11.5. The van der Waals surface area contributed by atoms with Crippen LogP contribution in [0, 0.1) is 0 Å². The Morgan fingerprint density at radius 1 is 1.55 bits per heavy atom. The molecule has 0 amide bonds. The number of rotatable bonds is 1. The van der Waals surface area contributed by atoms with Crippen LogP contribution >= 0.6 is 0 Å². The Hall–Kier alpha value is -0.980. The Balaban J connectivity index is 2.88. The topological polar surface area (TPSA) is 96.6 Å². The summed E-state index contributed by atoms with van der Waals surface area (Å²) < 4.78 is 0. The van der Waals surface area contributed by atoms with Gasteiger partial charge in [0, 0.05) is 7.05 Å². The summed E-state index contributed by atoms with van der Waals surface area (Å²) in [4.78, 5) is 0. The summed E-state index contributed by atoms with van der Waals surface area (Å²) in [6, 6.07) is -0.00829. The molecule has 1 unspecified atom stereocenters. The number of hydrogen-bond donors (Lipinski definition) is 4. The van der Waals surface area contributed by atoms with Gasteiger partial charge in [-0.2, -0.15) is 0 Å². The van der Waals surface area contributed by atoms with Gasteiger partial charge in [0.15, 0.2) is 5.82 Å². The van der Waals surface area contributed by atoms with E-state index in [1.54, 1.807) is 12.1 Å². The van der Waals surface area contributed by atoms with Crippen LogP contribution in [-0.4, -0.2) is 23.2 Å². The molecule has 1 rings (SSSR count). The van der Waals surface area contributed by atoms with Crippen molar-refractivity contribution in [3.8, 4) is 0 Å². The average molecular weight is 158 g/mol. The third kappa shape index (κ3) is 1.01. The van der Waals surface area contributed by atoms with Crippen molar-refractivity contribution in [3.63, 3.8) is 0 Å². The normalized spacial score (nSPS) is 26.5. The van der Waals surface area contributed by atoms with Crippen LogP contribution in [0.4, 0.5) is 0 Å². The Kier molecular flexibility index (Phi) is 1.90. The molecule has 0 bridgehead atoms. The van der Waals surface area contributed by atoms with Crippen molar-refractivity contribution in [1.82, 2.24) is 15.6 Å². The zero-order valence-electron chi connectivity index (χ0n) is 6.70. The maximum absolute atomic E-state index is 5.69. The van der Waals surface area contributed by atoms with E-state index >= 15 is 0 Å². The summed E-state index contributed by atoms with van der Waals surface area (Å²) in [5, 5.41) is 3.17. The van der Waals surface area contributed by atoms with E-state index in [1.807, 2.05) is 6.92 Å². The molecule has 0 aromatic rings. The molecule has 0 aliphatic carbocycles. The van der Waals surface area contributed by atoms with E-state index in [4.69, 9.17) is 17.4 Å². The van der Waals surface area contributed by atoms with Crippen LogP contribution in [0.3, 0.4) is 0 Å². The zero-order chi connectivity index (χ0) is 8.59. The highest BCUT2D eigenvalue weighted by Gasteiger charge is 2.29. The van der Waals surface area contributed by atoms with Crippen LogP contribution in [0.25, 0.3) is 0 Å². The molecule has 1 aliphatic rings. The van der Waals surface area contributed by atoms with E-state index in [0.29, 0.717) is 11.5 Å². The minimum absolute atomic E-state index is 0.00829. The first kappa shape index (κ1) is 8.12. The second-order valence-corrected chi connectivity index (χ2v) is 2.53. The smallest absolute Gasteiger partial charge is 0.152 e. The maximum Gasteiger partial charge on any atom is 0.152 e. The van der Waals surface area contributed by atoms with E-state index in [1.165, 1.54) is 5.12 Å². The minimum atomic E-state index is -0.00829. The average Bonchev–Trinajstić information content (AvgIpc) is 2.17. The van der Waals surface area contributed by atoms with Crippen LogP contribution in [-0.2, 0) is 0 Å². The fourth-order valence-corrected chi connectivity index (χ4v) is 1.08. The molecule has 6 heteroatoms. The number of hydrazine groups is 3. The van der Waals surface area contributed by atoms with Gasteiger partial charge in [-0.15, -0.1) is 5.12 Å². The summed E-state index contributed by atoms with van der Waals surface area (Å²) in [6.07, 6.45) is 0. The van der Waals surface area contributed by atoms with Crippen LogP contribution in [0.2, 0.25) is 0 Å². The van der Waals surface area contributed by atoms with E-state index in [9.17, 15) is 0 Å². The van der Waals surface area contributed by atoms with Gasteiger partial charge in [0.1, 0.15) is 0 Å². The van der Waals surface area contributed by atoms with Crippen LogP contribution in [0.15, 0.2) is 11.5 Å². The maximum atomic E-state index is 5.69. The molecule has 11 heavy (non-hydrogen) atoms. The third-order valence-electron chi connectivity index (χ3n) is 1.93. The van der Waals surface area contributed by atoms with Crippen molar-refractivity contribution in [2.24, 2.45) is 17.4 Å². The predicted molar refractivity (Wildman–Crippen MR) is 41.8 cm³/mol. The molecule has 6 nitrogen and oxygen atoms in total. The molecule has 0 fully saturated rings. The Morgan fingerprint density at radius 3 is 2.27 bits per heavy atom. The molecule has 64 valence electrons. The molecule has 0 radical (unpaired) electrons. The molecule has 0 saturated heterocycles. The van der Waals surface area contributed by atoms with Crippen molar-refractivity contribution in [2.75, 3.05) is 7.05 Å². The van der Waals surface area contributed by atoms with Gasteiger partial charge < -0.3 is 11.2 Å². The minimum Gasteiger partial charge on any atom is -0.398 e. The molecule has 0 spiro atoms. The van der Waals surface area contributed by atoms with Gasteiger partial charge in [0.05, 0.1) is 11.7 Å². The van der Waals surface area contributed by atoms with Crippen molar-refractivity contribution >= 4 is 0 Å². The van der Waals surface area contributed by atoms with Crippen molar-refractivity contribution in [3.05, 3.63) is 11.5 Å². The predicted octanol–water partition coefficient (Wildman–Crippen LogP) is -2.00. The summed E-state index contributed by atoms with van der Waals surface area (Å²) >= 11 is 0. The molecule has 1 atom stereocenters. The standard InChI is InChI=1S/C5H14N6/c1-3-4(6)5(9-7)10(2)11(3)8/h3,9H,6-8H2,1-2H3. The summed E-state index contributed by atoms with van der Waals surface area (Å²) in [6.45, 7) is 1.90. The largest absolute Gasteiger partial charge is 0.398 e. The molecule has 1 heterocycles. The van der Waals surface area contributed by atoms with Crippen molar-refractivity contribution < 1.29 is 0 Å². The lowest BCUT2D eigenvalue weighted by atomic mass is 10.3. The molecule has 0 saturated carbocycles. The first-order chi connectivity index (χ1) is 5.09. The lowest BCUT2D eigenvalue weighted by molar-refractivity contribution is 0.0287. The second-order valence-electron chi connectivity index (χ2n) is 2.53. The SMILES string of the molecule is CC1C(N)=C(NN)N(C)N1N. The van der Waals surface area contributed by atoms with Gasteiger partial charge >= 0.3 is 0 Å². The lowest BCUT2D eigenvalue weighted by Gasteiger charge is -2.25. The summed E-state index contributed by atoms with van der Waals surface area (Å²) in [5.41, 5.74) is 8.82. The Morgan fingerprint density at radius 2 is 2.09 bits per heavy atom. The summed E-state index contributed by atoms with van der Waals surface area (Å²) in [7, 11) is 1.78. The monoisotopic (exact) mass is 158 g/mol. The highest BCUT2D eigenvalue weighted by molar-refractivity contribution is 5.17. The fraction of sp³-hybridized carbons (Fsp3) is 0.600. The molecule has 0 aromatic heterocycles. The van der Waals surface area contributed by atoms with E-state index in [-0.39, 0.29) is 6.04 Å². The van der Waals surface area contributed by atoms with Gasteiger partial charge in [0.2, 0.25) is 0 Å². The quantitative estimate of drug-likeness (QED) is 0.260. The van der Waals surface area contributed by atoms with Gasteiger partial charge in [-0.05, 0) is 6.92 Å². The molecule has 7 N–H and O–H groups in total. The van der Waals surface area contributed by atoms with E-state index in [0.717, 1.165) is 0 Å². The third-order valence-corrected chi connectivity index (χ3v) is 1.93. The molecular formula is C5H14N6. The van der Waals surface area contributed by atoms with Crippen LogP contribution in [0.1, 0.15) is 6.92 Å². The lowest BCUT2D eigenvalue weighted by Crippen LogP contribution is -2.47. The first-order valence-electron chi connectivity index (χ1n) is 3.33. The number of hydrogen-bond acceptors (Lipinski definition) is 6. The van der Waals surface area contributed by atoms with Gasteiger partial charge in [-0.25, -0.2) is 11.7 Å². The van der Waals surface area contributed by atoms with E-state index < -0.39 is 0 Å². The van der Waals surface area contributed by atoms with Crippen LogP contribution < -0.4 is 22.8 Å².